The molecule has 0 radical (unpaired) electrons. The fourth-order valence-corrected chi connectivity index (χ4v) is 6.42. The first kappa shape index (κ1) is 26.5. The zero-order valence-corrected chi connectivity index (χ0v) is 21.1. The van der Waals surface area contributed by atoms with Crippen LogP contribution in [-0.4, -0.2) is 60.8 Å². The van der Waals surface area contributed by atoms with Crippen molar-refractivity contribution >= 4 is 33.3 Å². The number of amides is 2. The minimum Gasteiger partial charge on any atom is -0.481 e. The van der Waals surface area contributed by atoms with Crippen LogP contribution in [0.15, 0.2) is 23.1 Å². The lowest BCUT2D eigenvalue weighted by molar-refractivity contribution is -0.189. The van der Waals surface area contributed by atoms with E-state index >= 15 is 0 Å². The highest BCUT2D eigenvalue weighted by molar-refractivity contribution is 7.92. The lowest BCUT2D eigenvalue weighted by Gasteiger charge is -2.27. The maximum Gasteiger partial charge on any atom is 0.425 e. The van der Waals surface area contributed by atoms with Crippen molar-refractivity contribution in [2.45, 2.75) is 80.0 Å². The normalized spacial score (nSPS) is 25.0. The molecule has 3 atom stereocenters. The molecule has 1 saturated heterocycles. The minimum absolute atomic E-state index is 0.197. The summed E-state index contributed by atoms with van der Waals surface area (Å²) in [6, 6.07) is 4.11. The fraction of sp³-hybridized carbons (Fsp3) is 0.609. The van der Waals surface area contributed by atoms with Gasteiger partial charge in [0.05, 0.1) is 21.2 Å². The Kier molecular flexibility index (Phi) is 6.49. The Bertz CT molecular complexity index is 1240. The first-order valence-electron chi connectivity index (χ1n) is 11.4. The summed E-state index contributed by atoms with van der Waals surface area (Å²) in [4.78, 5) is 27.1. The Balaban J connectivity index is 1.58. The Labute approximate surface area is 211 Å². The minimum atomic E-state index is -4.62. The number of nitrogens with one attached hydrogen (secondary N) is 1. The number of ether oxygens (including phenoxy) is 1. The highest BCUT2D eigenvalue weighted by atomic mass is 35.5. The predicted molar refractivity (Wildman–Crippen MR) is 122 cm³/mol. The van der Waals surface area contributed by atoms with Crippen molar-refractivity contribution < 1.29 is 35.9 Å². The average molecular weight is 548 g/mol. The summed E-state index contributed by atoms with van der Waals surface area (Å²) in [5.41, 5.74) is -1.64. The molecule has 2 amide bonds. The van der Waals surface area contributed by atoms with Crippen molar-refractivity contribution in [1.29, 1.82) is 5.26 Å². The van der Waals surface area contributed by atoms with Crippen LogP contribution in [-0.2, 0) is 19.4 Å². The van der Waals surface area contributed by atoms with E-state index in [1.165, 1.54) is 4.90 Å². The molecule has 0 spiro atoms. The Morgan fingerprint density at radius 2 is 1.92 bits per heavy atom. The van der Waals surface area contributed by atoms with E-state index in [0.717, 1.165) is 25.1 Å². The Morgan fingerprint density at radius 1 is 1.28 bits per heavy atom. The van der Waals surface area contributed by atoms with E-state index in [4.69, 9.17) is 16.3 Å². The van der Waals surface area contributed by atoms with Crippen LogP contribution in [0.2, 0.25) is 5.02 Å². The molecule has 1 aromatic rings. The zero-order valence-electron chi connectivity index (χ0n) is 19.6. The highest BCUT2D eigenvalue weighted by Crippen LogP contribution is 2.48. The van der Waals surface area contributed by atoms with Crippen molar-refractivity contribution in [2.24, 2.45) is 5.41 Å². The maximum absolute atomic E-state index is 13.5. The van der Waals surface area contributed by atoms with Crippen molar-refractivity contribution in [3.05, 3.63) is 23.2 Å². The SMILES string of the molecule is C[C@H](Oc1ccc(S(=O)(=O)C2CC(C(=O)NC3(C#N)CC3)N(C(=O)C3(C)CC3)C2)c(Cl)c1)C(F)(F)F. The smallest absolute Gasteiger partial charge is 0.425 e. The number of carbonyl (C=O) groups excluding carboxylic acids is 2. The van der Waals surface area contributed by atoms with Gasteiger partial charge in [0.1, 0.15) is 17.3 Å². The van der Waals surface area contributed by atoms with Crippen molar-refractivity contribution in [3.8, 4) is 11.8 Å². The van der Waals surface area contributed by atoms with Gasteiger partial charge in [-0.2, -0.15) is 18.4 Å². The van der Waals surface area contributed by atoms with Gasteiger partial charge in [0.2, 0.25) is 11.8 Å². The Morgan fingerprint density at radius 3 is 2.42 bits per heavy atom. The third-order valence-corrected chi connectivity index (χ3v) is 9.70. The second-order valence-corrected chi connectivity index (χ2v) is 12.6. The predicted octanol–water partition coefficient (Wildman–Crippen LogP) is 3.39. The molecule has 196 valence electrons. The number of carbonyl (C=O) groups is 2. The van der Waals surface area contributed by atoms with Crippen LogP contribution < -0.4 is 10.1 Å². The number of nitrogens with zero attached hydrogens (tertiary/aromatic N) is 2. The number of hydrogen-bond donors (Lipinski definition) is 1. The monoisotopic (exact) mass is 547 g/mol. The van der Waals surface area contributed by atoms with Gasteiger partial charge in [-0.05, 0) is 51.2 Å². The van der Waals surface area contributed by atoms with Gasteiger partial charge in [-0.3, -0.25) is 9.59 Å². The molecule has 1 aromatic carbocycles. The topological polar surface area (TPSA) is 117 Å². The van der Waals surface area contributed by atoms with Crippen molar-refractivity contribution in [1.82, 2.24) is 10.2 Å². The second kappa shape index (κ2) is 8.80. The summed E-state index contributed by atoms with van der Waals surface area (Å²) in [5, 5.41) is 10.5. The molecule has 1 aliphatic heterocycles. The number of hydrogen-bond acceptors (Lipinski definition) is 6. The molecule has 13 heteroatoms. The summed E-state index contributed by atoms with van der Waals surface area (Å²) < 4.78 is 70.2. The molecule has 1 N–H and O–H groups in total. The molecule has 2 saturated carbocycles. The van der Waals surface area contributed by atoms with E-state index in [1.807, 2.05) is 6.07 Å². The van der Waals surface area contributed by atoms with E-state index in [9.17, 15) is 36.4 Å². The van der Waals surface area contributed by atoms with Gasteiger partial charge in [0.25, 0.3) is 0 Å². The summed E-state index contributed by atoms with van der Waals surface area (Å²) in [7, 11) is -4.18. The number of halogens is 4. The number of rotatable bonds is 7. The van der Waals surface area contributed by atoms with Gasteiger partial charge in [-0.1, -0.05) is 18.5 Å². The molecule has 1 heterocycles. The molecule has 0 aromatic heterocycles. The molecule has 4 rings (SSSR count). The molecule has 0 bridgehead atoms. The largest absolute Gasteiger partial charge is 0.481 e. The first-order valence-corrected chi connectivity index (χ1v) is 13.4. The lowest BCUT2D eigenvalue weighted by Crippen LogP contribution is -2.50. The van der Waals surface area contributed by atoms with Gasteiger partial charge < -0.3 is 15.0 Å². The molecule has 2 unspecified atom stereocenters. The number of sulfone groups is 1. The molecule has 2 aliphatic carbocycles. The van der Waals surface area contributed by atoms with Crippen LogP contribution in [0.25, 0.3) is 0 Å². The van der Waals surface area contributed by atoms with Crippen LogP contribution in [0.3, 0.4) is 0 Å². The summed E-state index contributed by atoms with van der Waals surface area (Å²) in [6.45, 7) is 2.32. The average Bonchev–Trinajstić information content (AvgIpc) is 3.69. The first-order chi connectivity index (χ1) is 16.6. The van der Waals surface area contributed by atoms with Gasteiger partial charge in [-0.15, -0.1) is 0 Å². The second-order valence-electron chi connectivity index (χ2n) is 10.0. The molecule has 8 nitrogen and oxygen atoms in total. The van der Waals surface area contributed by atoms with Gasteiger partial charge in [0.15, 0.2) is 15.9 Å². The molecule has 3 aliphatic rings. The third kappa shape index (κ3) is 5.00. The van der Waals surface area contributed by atoms with Crippen LogP contribution in [0.5, 0.6) is 5.75 Å². The number of likely N-dealkylation sites (tertiary alicyclic amines) is 1. The van der Waals surface area contributed by atoms with E-state index in [0.29, 0.717) is 25.7 Å². The van der Waals surface area contributed by atoms with Gasteiger partial charge in [0, 0.05) is 18.0 Å². The maximum atomic E-state index is 13.5. The molecule has 36 heavy (non-hydrogen) atoms. The van der Waals surface area contributed by atoms with E-state index in [-0.39, 0.29) is 34.5 Å². The van der Waals surface area contributed by atoms with Crippen molar-refractivity contribution in [3.63, 3.8) is 0 Å². The Hall–Kier alpha value is -2.52. The highest BCUT2D eigenvalue weighted by Gasteiger charge is 2.55. The number of nitriles is 1. The van der Waals surface area contributed by atoms with Crippen molar-refractivity contribution in [2.75, 3.05) is 6.54 Å². The van der Waals surface area contributed by atoms with Gasteiger partial charge >= 0.3 is 6.18 Å². The van der Waals surface area contributed by atoms with Gasteiger partial charge in [-0.25, -0.2) is 8.42 Å². The number of alkyl halides is 3. The summed E-state index contributed by atoms with van der Waals surface area (Å²) in [5.74, 6) is -1.16. The van der Waals surface area contributed by atoms with Crippen LogP contribution in [0, 0.1) is 16.7 Å². The molecule has 3 fully saturated rings. The summed E-state index contributed by atoms with van der Waals surface area (Å²) in [6.07, 6.45) is -4.73. The number of benzene rings is 1. The van der Waals surface area contributed by atoms with Crippen LogP contribution in [0.4, 0.5) is 13.2 Å². The fourth-order valence-electron chi connectivity index (χ4n) is 4.19. The van der Waals surface area contributed by atoms with Crippen LogP contribution in [0.1, 0.15) is 46.0 Å². The quantitative estimate of drug-likeness (QED) is 0.559. The molecular weight excluding hydrogens is 523 g/mol. The van der Waals surface area contributed by atoms with E-state index < -0.39 is 50.3 Å². The van der Waals surface area contributed by atoms with E-state index in [2.05, 4.69) is 5.32 Å². The van der Waals surface area contributed by atoms with E-state index in [1.54, 1.807) is 6.92 Å². The lowest BCUT2D eigenvalue weighted by atomic mass is 10.1. The zero-order chi connectivity index (χ0) is 26.7. The third-order valence-electron chi connectivity index (χ3n) is 7.09. The van der Waals surface area contributed by atoms with Crippen LogP contribution >= 0.6 is 11.6 Å². The molecular formula is C23H25ClF3N3O5S. The summed E-state index contributed by atoms with van der Waals surface area (Å²) >= 11 is 6.15. The standard InChI is InChI=1S/C23H25ClF3N3O5S/c1-13(23(25,26)27)35-14-3-4-18(16(24)9-14)36(33,34)15-10-17(19(31)29-22(12-28)7-8-22)30(11-15)20(32)21(2)5-6-21/h3-4,9,13,15,17H,5-8,10-11H2,1-2H3,(H,29,31)/t13-,15?,17?/m0/s1.